The van der Waals surface area contributed by atoms with Crippen LogP contribution in [0.15, 0.2) is 30.3 Å². The Balaban J connectivity index is 1.75. The predicted octanol–water partition coefficient (Wildman–Crippen LogP) is 3.03. The van der Waals surface area contributed by atoms with Gasteiger partial charge in [0.05, 0.1) is 12.3 Å². The molecule has 4 nitrogen and oxygen atoms in total. The molecular formula is C20H25F2N3O. The molecule has 1 aliphatic rings. The van der Waals surface area contributed by atoms with E-state index < -0.39 is 0 Å². The van der Waals surface area contributed by atoms with Crippen LogP contribution in [0, 0.1) is 17.6 Å². The van der Waals surface area contributed by atoms with Crippen molar-refractivity contribution in [1.29, 1.82) is 0 Å². The summed E-state index contributed by atoms with van der Waals surface area (Å²) in [4.78, 5) is 6.51. The van der Waals surface area contributed by atoms with E-state index in [0.717, 1.165) is 11.1 Å². The van der Waals surface area contributed by atoms with Gasteiger partial charge in [-0.1, -0.05) is 26.0 Å². The van der Waals surface area contributed by atoms with E-state index in [-0.39, 0.29) is 36.7 Å². The summed E-state index contributed by atoms with van der Waals surface area (Å²) in [6.07, 6.45) is 0.606. The fraction of sp³-hybridized carbons (Fsp3) is 0.450. The zero-order valence-corrected chi connectivity index (χ0v) is 15.2. The third kappa shape index (κ3) is 4.02. The Labute approximate surface area is 152 Å². The zero-order chi connectivity index (χ0) is 18.7. The summed E-state index contributed by atoms with van der Waals surface area (Å²) >= 11 is 0. The lowest BCUT2D eigenvalue weighted by Crippen LogP contribution is -2.37. The Bertz CT molecular complexity index is 767. The first-order valence-electron chi connectivity index (χ1n) is 9.00. The van der Waals surface area contributed by atoms with E-state index in [1.165, 1.54) is 12.1 Å². The molecule has 0 saturated heterocycles. The maximum atomic E-state index is 14.2. The molecule has 2 heterocycles. The summed E-state index contributed by atoms with van der Waals surface area (Å²) in [7, 11) is 0. The summed E-state index contributed by atoms with van der Waals surface area (Å²) in [6, 6.07) is 8.10. The average molecular weight is 361 g/mol. The van der Waals surface area contributed by atoms with Gasteiger partial charge in [-0.2, -0.15) is 0 Å². The van der Waals surface area contributed by atoms with Gasteiger partial charge in [-0.05, 0) is 41.7 Å². The van der Waals surface area contributed by atoms with Crippen molar-refractivity contribution in [2.45, 2.75) is 39.4 Å². The quantitative estimate of drug-likeness (QED) is 0.830. The van der Waals surface area contributed by atoms with Gasteiger partial charge in [-0.3, -0.25) is 0 Å². The Morgan fingerprint density at radius 3 is 2.73 bits per heavy atom. The molecule has 0 aliphatic carbocycles. The standard InChI is InChI=1S/C20H25F2N3O/c1-13(2)19(12-26)23-10-18-17(22)6-7-20(24-18)25-9-8-15-14(11-25)4-3-5-16(15)21/h3-7,13,19,23,26H,8-12H2,1-2H3/t19-/m0/s1. The molecule has 2 N–H and O–H groups in total. The zero-order valence-electron chi connectivity index (χ0n) is 15.2. The Hall–Kier alpha value is -2.05. The fourth-order valence-corrected chi connectivity index (χ4v) is 3.27. The van der Waals surface area contributed by atoms with Crippen molar-refractivity contribution in [3.63, 3.8) is 0 Å². The van der Waals surface area contributed by atoms with Gasteiger partial charge in [0.2, 0.25) is 0 Å². The van der Waals surface area contributed by atoms with Crippen LogP contribution in [0.3, 0.4) is 0 Å². The number of hydrogen-bond acceptors (Lipinski definition) is 4. The molecule has 0 spiro atoms. The lowest BCUT2D eigenvalue weighted by molar-refractivity contribution is 0.209. The number of aliphatic hydroxyl groups is 1. The van der Waals surface area contributed by atoms with Crippen LogP contribution in [0.4, 0.5) is 14.6 Å². The lowest BCUT2D eigenvalue weighted by Gasteiger charge is -2.30. The minimum Gasteiger partial charge on any atom is -0.395 e. The molecular weight excluding hydrogens is 336 g/mol. The number of aliphatic hydroxyl groups excluding tert-OH is 1. The number of hydrogen-bond donors (Lipinski definition) is 2. The minimum atomic E-state index is -0.370. The average Bonchev–Trinajstić information content (AvgIpc) is 2.63. The largest absolute Gasteiger partial charge is 0.395 e. The van der Waals surface area contributed by atoms with Gasteiger partial charge < -0.3 is 15.3 Å². The van der Waals surface area contributed by atoms with Gasteiger partial charge in [0.15, 0.2) is 0 Å². The molecule has 6 heteroatoms. The number of nitrogens with zero attached hydrogens (tertiary/aromatic N) is 2. The second kappa shape index (κ2) is 8.10. The van der Waals surface area contributed by atoms with Gasteiger partial charge in [0.1, 0.15) is 17.5 Å². The molecule has 140 valence electrons. The van der Waals surface area contributed by atoms with Crippen LogP contribution in [-0.4, -0.2) is 29.3 Å². The molecule has 0 bridgehead atoms. The Morgan fingerprint density at radius 2 is 2.00 bits per heavy atom. The van der Waals surface area contributed by atoms with Crippen LogP contribution in [0.5, 0.6) is 0 Å². The van der Waals surface area contributed by atoms with Crippen molar-refractivity contribution in [3.8, 4) is 0 Å². The molecule has 0 unspecified atom stereocenters. The topological polar surface area (TPSA) is 48.4 Å². The number of fused-ring (bicyclic) bond motifs is 1. The molecule has 1 aromatic carbocycles. The molecule has 0 saturated carbocycles. The van der Waals surface area contributed by atoms with Crippen LogP contribution in [0.1, 0.15) is 30.7 Å². The first-order valence-corrected chi connectivity index (χ1v) is 9.00. The second-order valence-corrected chi connectivity index (χ2v) is 7.06. The molecule has 1 atom stereocenters. The summed E-state index contributed by atoms with van der Waals surface area (Å²) in [5, 5.41) is 12.6. The number of rotatable bonds is 6. The second-order valence-electron chi connectivity index (χ2n) is 7.06. The Kier molecular flexibility index (Phi) is 5.84. The van der Waals surface area contributed by atoms with Gasteiger partial charge in [0, 0.05) is 25.7 Å². The number of anilines is 1. The molecule has 1 aliphatic heterocycles. The summed E-state index contributed by atoms with van der Waals surface area (Å²) in [5.74, 6) is 0.385. The van der Waals surface area contributed by atoms with Crippen molar-refractivity contribution < 1.29 is 13.9 Å². The van der Waals surface area contributed by atoms with Crippen molar-refractivity contribution in [2.75, 3.05) is 18.1 Å². The SMILES string of the molecule is CC(C)[C@H](CO)NCc1nc(N2CCc3c(F)cccc3C2)ccc1F. The Morgan fingerprint density at radius 1 is 1.19 bits per heavy atom. The number of aromatic nitrogens is 1. The highest BCUT2D eigenvalue weighted by molar-refractivity contribution is 5.45. The number of pyridine rings is 1. The summed E-state index contributed by atoms with van der Waals surface area (Å²) < 4.78 is 28.0. The van der Waals surface area contributed by atoms with E-state index in [0.29, 0.717) is 31.0 Å². The van der Waals surface area contributed by atoms with Gasteiger partial charge in [0.25, 0.3) is 0 Å². The normalized spacial score (nSPS) is 15.2. The van der Waals surface area contributed by atoms with Crippen LogP contribution >= 0.6 is 0 Å². The molecule has 2 aromatic rings. The highest BCUT2D eigenvalue weighted by Gasteiger charge is 2.21. The maximum absolute atomic E-state index is 14.2. The van der Waals surface area contributed by atoms with Gasteiger partial charge in [-0.15, -0.1) is 0 Å². The maximum Gasteiger partial charge on any atom is 0.146 e. The van der Waals surface area contributed by atoms with Gasteiger partial charge in [-0.25, -0.2) is 13.8 Å². The van der Waals surface area contributed by atoms with Crippen LogP contribution in [0.2, 0.25) is 0 Å². The number of nitrogens with one attached hydrogen (secondary N) is 1. The molecule has 1 aromatic heterocycles. The molecule has 0 fully saturated rings. The predicted molar refractivity (Wildman–Crippen MR) is 97.9 cm³/mol. The van der Waals surface area contributed by atoms with E-state index >= 15 is 0 Å². The van der Waals surface area contributed by atoms with E-state index in [2.05, 4.69) is 10.3 Å². The van der Waals surface area contributed by atoms with Crippen molar-refractivity contribution in [3.05, 3.63) is 58.8 Å². The van der Waals surface area contributed by atoms with E-state index in [9.17, 15) is 13.9 Å². The molecule has 0 radical (unpaired) electrons. The molecule has 3 rings (SSSR count). The first-order chi connectivity index (χ1) is 12.5. The van der Waals surface area contributed by atoms with Crippen LogP contribution < -0.4 is 10.2 Å². The summed E-state index contributed by atoms with van der Waals surface area (Å²) in [5.41, 5.74) is 2.03. The van der Waals surface area contributed by atoms with Gasteiger partial charge >= 0.3 is 0 Å². The van der Waals surface area contributed by atoms with Crippen molar-refractivity contribution in [2.24, 2.45) is 5.92 Å². The number of halogens is 2. The lowest BCUT2D eigenvalue weighted by atomic mass is 9.99. The highest BCUT2D eigenvalue weighted by atomic mass is 19.1. The van der Waals surface area contributed by atoms with Crippen molar-refractivity contribution >= 4 is 5.82 Å². The third-order valence-corrected chi connectivity index (χ3v) is 4.97. The van der Waals surface area contributed by atoms with E-state index in [1.54, 1.807) is 12.1 Å². The van der Waals surface area contributed by atoms with Crippen LogP contribution in [-0.2, 0) is 19.5 Å². The van der Waals surface area contributed by atoms with E-state index in [4.69, 9.17) is 0 Å². The fourth-order valence-electron chi connectivity index (χ4n) is 3.27. The smallest absolute Gasteiger partial charge is 0.146 e. The molecule has 26 heavy (non-hydrogen) atoms. The number of benzene rings is 1. The molecule has 0 amide bonds. The highest BCUT2D eigenvalue weighted by Crippen LogP contribution is 2.25. The van der Waals surface area contributed by atoms with Crippen molar-refractivity contribution in [1.82, 2.24) is 10.3 Å². The monoisotopic (exact) mass is 361 g/mol. The minimum absolute atomic E-state index is 0.00650. The van der Waals surface area contributed by atoms with E-state index in [1.807, 2.05) is 24.8 Å². The third-order valence-electron chi connectivity index (χ3n) is 4.97. The summed E-state index contributed by atoms with van der Waals surface area (Å²) in [6.45, 7) is 5.45. The van der Waals surface area contributed by atoms with Crippen LogP contribution in [0.25, 0.3) is 0 Å². The first kappa shape index (κ1) is 18.7.